The Labute approximate surface area is 73.1 Å². The Morgan fingerprint density at radius 3 is 2.83 bits per heavy atom. The normalized spacial score (nSPS) is 17.2. The van der Waals surface area contributed by atoms with Gasteiger partial charge in [-0.2, -0.15) is 0 Å². The van der Waals surface area contributed by atoms with Crippen LogP contribution >= 0.6 is 0 Å². The Hall–Kier alpha value is -1.11. The third-order valence-electron chi connectivity index (χ3n) is 2.28. The number of hydrogen-bond donors (Lipinski definition) is 0. The first-order valence-electron chi connectivity index (χ1n) is 4.57. The summed E-state index contributed by atoms with van der Waals surface area (Å²) in [5.74, 6) is 0. The molecule has 2 rings (SSSR count). The highest BCUT2D eigenvalue weighted by Crippen LogP contribution is 2.24. The molecule has 1 aliphatic carbocycles. The summed E-state index contributed by atoms with van der Waals surface area (Å²) < 4.78 is 0. The summed E-state index contributed by atoms with van der Waals surface area (Å²) in [5, 5.41) is 0. The molecule has 0 fully saturated rings. The summed E-state index contributed by atoms with van der Waals surface area (Å²) in [6, 6.07) is 6.11. The van der Waals surface area contributed by atoms with Gasteiger partial charge in [0.05, 0.1) is 5.69 Å². The van der Waals surface area contributed by atoms with Gasteiger partial charge in [-0.15, -0.1) is 0 Å². The van der Waals surface area contributed by atoms with E-state index in [9.17, 15) is 0 Å². The van der Waals surface area contributed by atoms with Gasteiger partial charge in [0.2, 0.25) is 0 Å². The number of nitrogens with zero attached hydrogens (tertiary/aromatic N) is 1. The molecule has 0 saturated carbocycles. The van der Waals surface area contributed by atoms with Gasteiger partial charge in [0.15, 0.2) is 0 Å². The van der Waals surface area contributed by atoms with Gasteiger partial charge in [0.1, 0.15) is 0 Å². The van der Waals surface area contributed by atoms with E-state index in [0.717, 1.165) is 5.69 Å². The van der Waals surface area contributed by atoms with E-state index in [0.29, 0.717) is 0 Å². The maximum absolute atomic E-state index is 4.33. The maximum Gasteiger partial charge on any atom is 0.0658 e. The summed E-state index contributed by atoms with van der Waals surface area (Å²) in [5.41, 5.74) is 2.60. The highest BCUT2D eigenvalue weighted by molar-refractivity contribution is 5.62. The van der Waals surface area contributed by atoms with E-state index in [2.05, 4.69) is 23.2 Å². The van der Waals surface area contributed by atoms with E-state index in [-0.39, 0.29) is 0 Å². The molecular formula is C11H13N. The summed E-state index contributed by atoms with van der Waals surface area (Å²) >= 11 is 0. The van der Waals surface area contributed by atoms with Crippen LogP contribution in [-0.4, -0.2) is 4.98 Å². The summed E-state index contributed by atoms with van der Waals surface area (Å²) in [6.07, 6.45) is 9.29. The van der Waals surface area contributed by atoms with Crippen LogP contribution in [0.3, 0.4) is 0 Å². The third kappa shape index (κ3) is 1.55. The van der Waals surface area contributed by atoms with Crippen LogP contribution in [0.1, 0.15) is 31.4 Å². The van der Waals surface area contributed by atoms with Crippen LogP contribution in [0, 0.1) is 0 Å². The molecule has 0 aromatic carbocycles. The van der Waals surface area contributed by atoms with E-state index in [1.807, 2.05) is 12.3 Å². The largest absolute Gasteiger partial charge is 0.257 e. The Bertz CT molecular complexity index is 274. The average molecular weight is 159 g/mol. The van der Waals surface area contributed by atoms with E-state index < -0.39 is 0 Å². The second kappa shape index (κ2) is 3.53. The number of aromatic nitrogens is 1. The quantitative estimate of drug-likeness (QED) is 0.613. The molecule has 0 aliphatic heterocycles. The van der Waals surface area contributed by atoms with E-state index >= 15 is 0 Å². The molecule has 0 spiro atoms. The monoisotopic (exact) mass is 159 g/mol. The van der Waals surface area contributed by atoms with Crippen LogP contribution < -0.4 is 0 Å². The fourth-order valence-corrected chi connectivity index (χ4v) is 1.62. The lowest BCUT2D eigenvalue weighted by atomic mass is 9.97. The molecule has 1 heterocycles. The number of hydrogen-bond acceptors (Lipinski definition) is 1. The predicted octanol–water partition coefficient (Wildman–Crippen LogP) is 3.04. The van der Waals surface area contributed by atoms with Crippen LogP contribution in [0.2, 0.25) is 0 Å². The second-order valence-electron chi connectivity index (χ2n) is 3.19. The maximum atomic E-state index is 4.33. The lowest BCUT2D eigenvalue weighted by Crippen LogP contribution is -1.93. The van der Waals surface area contributed by atoms with Crippen molar-refractivity contribution in [3.8, 4) is 0 Å². The van der Waals surface area contributed by atoms with E-state index in [4.69, 9.17) is 0 Å². The molecule has 1 heteroatoms. The van der Waals surface area contributed by atoms with Gasteiger partial charge in [-0.1, -0.05) is 12.1 Å². The molecule has 1 aromatic rings. The van der Waals surface area contributed by atoms with Gasteiger partial charge in [-0.3, -0.25) is 4.98 Å². The van der Waals surface area contributed by atoms with Crippen LogP contribution in [0.15, 0.2) is 30.5 Å². The Balaban J connectivity index is 2.24. The average Bonchev–Trinajstić information content (AvgIpc) is 2.21. The van der Waals surface area contributed by atoms with E-state index in [1.165, 1.54) is 31.3 Å². The minimum absolute atomic E-state index is 1.16. The van der Waals surface area contributed by atoms with Crippen molar-refractivity contribution < 1.29 is 0 Å². The molecule has 0 N–H and O–H groups in total. The fourth-order valence-electron chi connectivity index (χ4n) is 1.62. The van der Waals surface area contributed by atoms with Gasteiger partial charge in [-0.05, 0) is 43.4 Å². The smallest absolute Gasteiger partial charge is 0.0658 e. The fraction of sp³-hybridized carbons (Fsp3) is 0.364. The van der Waals surface area contributed by atoms with Gasteiger partial charge in [-0.25, -0.2) is 0 Å². The summed E-state index contributed by atoms with van der Waals surface area (Å²) in [4.78, 5) is 4.33. The minimum Gasteiger partial charge on any atom is -0.257 e. The lowest BCUT2D eigenvalue weighted by molar-refractivity contribution is 0.740. The van der Waals surface area contributed by atoms with Crippen molar-refractivity contribution in [1.29, 1.82) is 0 Å². The van der Waals surface area contributed by atoms with Gasteiger partial charge < -0.3 is 0 Å². The molecule has 12 heavy (non-hydrogen) atoms. The van der Waals surface area contributed by atoms with Crippen LogP contribution in [0.25, 0.3) is 5.57 Å². The first-order valence-corrected chi connectivity index (χ1v) is 4.57. The van der Waals surface area contributed by atoms with Crippen molar-refractivity contribution in [2.75, 3.05) is 0 Å². The predicted molar refractivity (Wildman–Crippen MR) is 50.7 cm³/mol. The lowest BCUT2D eigenvalue weighted by Gasteiger charge is -2.11. The Morgan fingerprint density at radius 2 is 2.17 bits per heavy atom. The number of rotatable bonds is 1. The summed E-state index contributed by atoms with van der Waals surface area (Å²) in [7, 11) is 0. The zero-order valence-electron chi connectivity index (χ0n) is 7.16. The molecule has 1 nitrogen and oxygen atoms in total. The Morgan fingerprint density at radius 1 is 1.17 bits per heavy atom. The highest BCUT2D eigenvalue weighted by Gasteiger charge is 2.05. The minimum atomic E-state index is 1.16. The topological polar surface area (TPSA) is 12.9 Å². The second-order valence-corrected chi connectivity index (χ2v) is 3.19. The van der Waals surface area contributed by atoms with Crippen LogP contribution in [0.4, 0.5) is 0 Å². The van der Waals surface area contributed by atoms with Crippen molar-refractivity contribution in [3.05, 3.63) is 36.2 Å². The standard InChI is InChI=1S/C11H13N/c1-2-6-10(7-3-1)11-8-4-5-9-12-11/h4-6,8-9H,1-3,7H2. The van der Waals surface area contributed by atoms with Crippen molar-refractivity contribution in [1.82, 2.24) is 4.98 Å². The summed E-state index contributed by atoms with van der Waals surface area (Å²) in [6.45, 7) is 0. The van der Waals surface area contributed by atoms with Crippen LogP contribution in [-0.2, 0) is 0 Å². The Kier molecular flexibility index (Phi) is 2.21. The third-order valence-corrected chi connectivity index (χ3v) is 2.28. The van der Waals surface area contributed by atoms with Crippen molar-refractivity contribution in [2.24, 2.45) is 0 Å². The van der Waals surface area contributed by atoms with Gasteiger partial charge in [0.25, 0.3) is 0 Å². The van der Waals surface area contributed by atoms with E-state index in [1.54, 1.807) is 0 Å². The molecule has 0 saturated heterocycles. The first-order chi connectivity index (χ1) is 5.97. The van der Waals surface area contributed by atoms with Crippen molar-refractivity contribution >= 4 is 5.57 Å². The van der Waals surface area contributed by atoms with Crippen LogP contribution in [0.5, 0.6) is 0 Å². The molecular weight excluding hydrogens is 146 g/mol. The molecule has 0 unspecified atom stereocenters. The zero-order valence-corrected chi connectivity index (χ0v) is 7.16. The molecule has 1 aliphatic rings. The van der Waals surface area contributed by atoms with Crippen molar-refractivity contribution in [2.45, 2.75) is 25.7 Å². The zero-order chi connectivity index (χ0) is 8.23. The molecule has 1 aromatic heterocycles. The SMILES string of the molecule is C1=C(c2ccccn2)CCCC1. The highest BCUT2D eigenvalue weighted by atomic mass is 14.7. The molecule has 0 radical (unpaired) electrons. The van der Waals surface area contributed by atoms with Crippen molar-refractivity contribution in [3.63, 3.8) is 0 Å². The number of allylic oxidation sites excluding steroid dienone is 2. The molecule has 62 valence electrons. The number of pyridine rings is 1. The van der Waals surface area contributed by atoms with Gasteiger partial charge >= 0.3 is 0 Å². The molecule has 0 bridgehead atoms. The molecule has 0 atom stereocenters. The first kappa shape index (κ1) is 7.53. The van der Waals surface area contributed by atoms with Gasteiger partial charge in [0, 0.05) is 6.20 Å². The molecule has 0 amide bonds.